The molecule has 1 heterocycles. The largest absolute Gasteiger partial charge is 0.342 e. The Morgan fingerprint density at radius 3 is 2.44 bits per heavy atom. The zero-order valence-corrected chi connectivity index (χ0v) is 16.2. The number of nitrogens with zero attached hydrogens (tertiary/aromatic N) is 2. The van der Waals surface area contributed by atoms with E-state index in [1.807, 2.05) is 78.2 Å². The van der Waals surface area contributed by atoms with Crippen LogP contribution in [0, 0.1) is 12.8 Å². The molecular formula is C23H28N2O2. The van der Waals surface area contributed by atoms with E-state index >= 15 is 0 Å². The monoisotopic (exact) mass is 364 g/mol. The highest BCUT2D eigenvalue weighted by Crippen LogP contribution is 2.25. The third kappa shape index (κ3) is 4.76. The number of aryl methyl sites for hydroxylation is 1. The second kappa shape index (κ2) is 8.85. The molecule has 142 valence electrons. The highest BCUT2D eigenvalue weighted by Gasteiger charge is 2.31. The minimum absolute atomic E-state index is 0.108. The van der Waals surface area contributed by atoms with Crippen LogP contribution in [-0.2, 0) is 16.1 Å². The summed E-state index contributed by atoms with van der Waals surface area (Å²) in [5, 5.41) is 0. The molecule has 0 aromatic heterocycles. The summed E-state index contributed by atoms with van der Waals surface area (Å²) in [4.78, 5) is 29.3. The van der Waals surface area contributed by atoms with E-state index < -0.39 is 0 Å². The summed E-state index contributed by atoms with van der Waals surface area (Å²) in [7, 11) is 0. The van der Waals surface area contributed by atoms with Gasteiger partial charge in [0.05, 0.1) is 12.5 Å². The van der Waals surface area contributed by atoms with Gasteiger partial charge in [0.25, 0.3) is 0 Å². The maximum Gasteiger partial charge on any atom is 0.232 e. The average Bonchev–Trinajstić information content (AvgIpc) is 2.72. The lowest BCUT2D eigenvalue weighted by molar-refractivity contribution is -0.134. The van der Waals surface area contributed by atoms with E-state index in [0.29, 0.717) is 19.5 Å². The first kappa shape index (κ1) is 19.2. The van der Waals surface area contributed by atoms with Gasteiger partial charge in [-0.05, 0) is 37.5 Å². The molecule has 0 saturated carbocycles. The highest BCUT2D eigenvalue weighted by atomic mass is 16.2. The van der Waals surface area contributed by atoms with Gasteiger partial charge in [-0.2, -0.15) is 0 Å². The predicted molar refractivity (Wildman–Crippen MR) is 108 cm³/mol. The van der Waals surface area contributed by atoms with E-state index in [0.717, 1.165) is 30.6 Å². The quantitative estimate of drug-likeness (QED) is 0.799. The van der Waals surface area contributed by atoms with Crippen molar-refractivity contribution in [3.05, 3.63) is 65.7 Å². The molecule has 4 heteroatoms. The molecule has 2 amide bonds. The number of anilines is 1. The summed E-state index contributed by atoms with van der Waals surface area (Å²) in [5.41, 5.74) is 3.18. The van der Waals surface area contributed by atoms with Crippen LogP contribution in [0.15, 0.2) is 54.6 Å². The first-order valence-corrected chi connectivity index (χ1v) is 9.78. The van der Waals surface area contributed by atoms with E-state index in [2.05, 4.69) is 0 Å². The van der Waals surface area contributed by atoms with E-state index in [1.165, 1.54) is 5.56 Å². The Morgan fingerprint density at radius 1 is 1.07 bits per heavy atom. The molecule has 3 rings (SSSR count). The summed E-state index contributed by atoms with van der Waals surface area (Å²) in [6.07, 6.45) is 2.21. The topological polar surface area (TPSA) is 40.6 Å². The number of hydrogen-bond acceptors (Lipinski definition) is 2. The van der Waals surface area contributed by atoms with Gasteiger partial charge in [-0.3, -0.25) is 9.59 Å². The zero-order valence-electron chi connectivity index (χ0n) is 16.2. The summed E-state index contributed by atoms with van der Waals surface area (Å²) < 4.78 is 0. The van der Waals surface area contributed by atoms with E-state index in [-0.39, 0.29) is 17.7 Å². The van der Waals surface area contributed by atoms with Crippen molar-refractivity contribution in [3.63, 3.8) is 0 Å². The molecule has 0 N–H and O–H groups in total. The van der Waals surface area contributed by atoms with Crippen LogP contribution in [0.25, 0.3) is 0 Å². The maximum atomic E-state index is 13.4. The Morgan fingerprint density at radius 2 is 1.78 bits per heavy atom. The molecule has 1 aliphatic heterocycles. The van der Waals surface area contributed by atoms with Gasteiger partial charge in [0.2, 0.25) is 11.8 Å². The van der Waals surface area contributed by atoms with Gasteiger partial charge < -0.3 is 9.80 Å². The van der Waals surface area contributed by atoms with Crippen molar-refractivity contribution in [2.75, 3.05) is 18.0 Å². The molecule has 2 aromatic rings. The normalized spacial score (nSPS) is 16.8. The zero-order chi connectivity index (χ0) is 19.2. The summed E-state index contributed by atoms with van der Waals surface area (Å²) in [6.45, 7) is 5.76. The lowest BCUT2D eigenvalue weighted by atomic mass is 9.95. The summed E-state index contributed by atoms with van der Waals surface area (Å²) >= 11 is 0. The van der Waals surface area contributed by atoms with Crippen molar-refractivity contribution in [3.8, 4) is 0 Å². The van der Waals surface area contributed by atoms with E-state index in [4.69, 9.17) is 0 Å². The summed E-state index contributed by atoms with van der Waals surface area (Å²) in [6, 6.07) is 18.1. The molecule has 0 aliphatic carbocycles. The van der Waals surface area contributed by atoms with Crippen LogP contribution in [0.4, 0.5) is 5.69 Å². The highest BCUT2D eigenvalue weighted by molar-refractivity contribution is 5.95. The molecule has 1 fully saturated rings. The molecule has 1 saturated heterocycles. The number of piperidine rings is 1. The molecular weight excluding hydrogens is 336 g/mol. The average molecular weight is 364 g/mol. The SMILES string of the molecule is CCC(=O)N1CCCC(C(=O)N(Cc2ccccc2)c2ccc(C)cc2)C1. The predicted octanol–water partition coefficient (Wildman–Crippen LogP) is 4.18. The van der Waals surface area contributed by atoms with Crippen molar-refractivity contribution >= 4 is 17.5 Å². The molecule has 1 atom stereocenters. The van der Waals surface area contributed by atoms with Crippen LogP contribution in [0.3, 0.4) is 0 Å². The van der Waals surface area contributed by atoms with Gasteiger partial charge in [-0.25, -0.2) is 0 Å². The van der Waals surface area contributed by atoms with Gasteiger partial charge in [0, 0.05) is 25.2 Å². The number of likely N-dealkylation sites (tertiary alicyclic amines) is 1. The van der Waals surface area contributed by atoms with Crippen LogP contribution >= 0.6 is 0 Å². The molecule has 2 aromatic carbocycles. The van der Waals surface area contributed by atoms with Crippen molar-refractivity contribution in [1.82, 2.24) is 4.90 Å². The van der Waals surface area contributed by atoms with Crippen molar-refractivity contribution < 1.29 is 9.59 Å². The van der Waals surface area contributed by atoms with Gasteiger partial charge in [-0.15, -0.1) is 0 Å². The number of carbonyl (C=O) groups is 2. The lowest BCUT2D eigenvalue weighted by Gasteiger charge is -2.35. The molecule has 27 heavy (non-hydrogen) atoms. The molecule has 0 spiro atoms. The standard InChI is InChI=1S/C23H28N2O2/c1-3-22(26)24-15-7-10-20(17-24)23(27)25(16-19-8-5-4-6-9-19)21-13-11-18(2)12-14-21/h4-6,8-9,11-14,20H,3,7,10,15-17H2,1-2H3. The molecule has 1 aliphatic rings. The number of benzene rings is 2. The smallest absolute Gasteiger partial charge is 0.232 e. The maximum absolute atomic E-state index is 13.4. The van der Waals surface area contributed by atoms with Crippen LogP contribution in [0.2, 0.25) is 0 Å². The number of amides is 2. The van der Waals surface area contributed by atoms with E-state index in [9.17, 15) is 9.59 Å². The minimum atomic E-state index is -0.140. The van der Waals surface area contributed by atoms with Gasteiger partial charge in [0.15, 0.2) is 0 Å². The van der Waals surface area contributed by atoms with Gasteiger partial charge >= 0.3 is 0 Å². The number of rotatable bonds is 5. The Kier molecular flexibility index (Phi) is 6.28. The Balaban J connectivity index is 1.84. The molecule has 4 nitrogen and oxygen atoms in total. The minimum Gasteiger partial charge on any atom is -0.342 e. The van der Waals surface area contributed by atoms with Crippen LogP contribution in [0.5, 0.6) is 0 Å². The first-order valence-electron chi connectivity index (χ1n) is 9.78. The fraction of sp³-hybridized carbons (Fsp3) is 0.391. The van der Waals surface area contributed by atoms with Gasteiger partial charge in [0.1, 0.15) is 0 Å². The fourth-order valence-corrected chi connectivity index (χ4v) is 3.64. The van der Waals surface area contributed by atoms with Crippen molar-refractivity contribution in [2.24, 2.45) is 5.92 Å². The van der Waals surface area contributed by atoms with Crippen molar-refractivity contribution in [2.45, 2.75) is 39.7 Å². The molecule has 0 radical (unpaired) electrons. The van der Waals surface area contributed by atoms with E-state index in [1.54, 1.807) is 0 Å². The Labute approximate surface area is 161 Å². The van der Waals surface area contributed by atoms with Crippen LogP contribution < -0.4 is 4.90 Å². The first-order chi connectivity index (χ1) is 13.1. The van der Waals surface area contributed by atoms with Crippen molar-refractivity contribution in [1.29, 1.82) is 0 Å². The molecule has 0 bridgehead atoms. The Bertz CT molecular complexity index is 771. The Hall–Kier alpha value is -2.62. The summed E-state index contributed by atoms with van der Waals surface area (Å²) in [5.74, 6) is 0.105. The van der Waals surface area contributed by atoms with Crippen LogP contribution in [-0.4, -0.2) is 29.8 Å². The number of hydrogen-bond donors (Lipinski definition) is 0. The number of carbonyl (C=O) groups excluding carboxylic acids is 2. The third-order valence-electron chi connectivity index (χ3n) is 5.22. The van der Waals surface area contributed by atoms with Gasteiger partial charge in [-0.1, -0.05) is 55.0 Å². The fourth-order valence-electron chi connectivity index (χ4n) is 3.64. The molecule has 1 unspecified atom stereocenters. The van der Waals surface area contributed by atoms with Crippen LogP contribution in [0.1, 0.15) is 37.3 Å². The lowest BCUT2D eigenvalue weighted by Crippen LogP contribution is -2.46. The second-order valence-electron chi connectivity index (χ2n) is 7.28. The second-order valence-corrected chi connectivity index (χ2v) is 7.28. The third-order valence-corrected chi connectivity index (χ3v) is 5.22.